The largest absolute Gasteiger partial charge is 0.385 e. The van der Waals surface area contributed by atoms with E-state index in [0.29, 0.717) is 13.2 Å². The third kappa shape index (κ3) is 3.41. The molecule has 2 rings (SSSR count). The Morgan fingerprint density at radius 2 is 2.26 bits per heavy atom. The Bertz CT molecular complexity index is 475. The summed E-state index contributed by atoms with van der Waals surface area (Å²) >= 11 is 0. The summed E-state index contributed by atoms with van der Waals surface area (Å²) in [6.45, 7) is 1.29. The van der Waals surface area contributed by atoms with Crippen LogP contribution in [0.2, 0.25) is 0 Å². The number of rotatable bonds is 7. The molecule has 0 aromatic heterocycles. The molecule has 0 atom stereocenters. The lowest BCUT2D eigenvalue weighted by atomic mass is 10.0. The van der Waals surface area contributed by atoms with E-state index in [4.69, 9.17) is 4.74 Å². The molecule has 5 nitrogen and oxygen atoms in total. The number of benzene rings is 1. The van der Waals surface area contributed by atoms with Crippen molar-refractivity contribution in [2.24, 2.45) is 5.41 Å². The number of methoxy groups -OCH3 is 1. The number of nitrogens with zero attached hydrogens (tertiary/aromatic N) is 1. The summed E-state index contributed by atoms with van der Waals surface area (Å²) in [4.78, 5) is 10.4. The molecule has 0 radical (unpaired) electrons. The van der Waals surface area contributed by atoms with Crippen molar-refractivity contribution in [3.05, 3.63) is 34.1 Å². The highest BCUT2D eigenvalue weighted by Crippen LogP contribution is 2.49. The summed E-state index contributed by atoms with van der Waals surface area (Å²) in [7, 11) is 1.65. The lowest BCUT2D eigenvalue weighted by molar-refractivity contribution is -0.384. The van der Waals surface area contributed by atoms with Crippen LogP contribution in [0.4, 0.5) is 15.8 Å². The van der Waals surface area contributed by atoms with Crippen LogP contribution in [-0.4, -0.2) is 25.2 Å². The average molecular weight is 268 g/mol. The van der Waals surface area contributed by atoms with Gasteiger partial charge in [-0.1, -0.05) is 0 Å². The molecule has 1 aromatic carbocycles. The van der Waals surface area contributed by atoms with Crippen LogP contribution in [0.25, 0.3) is 0 Å². The topological polar surface area (TPSA) is 64.4 Å². The number of ether oxygens (including phenoxy) is 1. The Hall–Kier alpha value is -1.69. The fourth-order valence-electron chi connectivity index (χ4n) is 2.10. The van der Waals surface area contributed by atoms with Crippen molar-refractivity contribution in [1.82, 2.24) is 0 Å². The number of nitro groups is 1. The Morgan fingerprint density at radius 1 is 1.53 bits per heavy atom. The molecule has 1 saturated carbocycles. The minimum atomic E-state index is -0.503. The van der Waals surface area contributed by atoms with Crippen LogP contribution < -0.4 is 5.32 Å². The molecule has 1 N–H and O–H groups in total. The molecular formula is C13H17FN2O3. The first kappa shape index (κ1) is 13.7. The van der Waals surface area contributed by atoms with Gasteiger partial charge in [-0.2, -0.15) is 0 Å². The van der Waals surface area contributed by atoms with Crippen LogP contribution in [0, 0.1) is 21.3 Å². The quantitative estimate of drug-likeness (QED) is 0.610. The molecule has 1 aliphatic carbocycles. The third-order valence-corrected chi connectivity index (χ3v) is 3.60. The first-order valence-corrected chi connectivity index (χ1v) is 6.23. The van der Waals surface area contributed by atoms with Crippen LogP contribution in [0.3, 0.4) is 0 Å². The number of anilines is 1. The second-order valence-corrected chi connectivity index (χ2v) is 5.01. The summed E-state index contributed by atoms with van der Waals surface area (Å²) < 4.78 is 18.2. The third-order valence-electron chi connectivity index (χ3n) is 3.60. The van der Waals surface area contributed by atoms with Gasteiger partial charge in [0.2, 0.25) is 0 Å². The van der Waals surface area contributed by atoms with Crippen molar-refractivity contribution < 1.29 is 14.1 Å². The summed E-state index contributed by atoms with van der Waals surface area (Å²) in [6, 6.07) is 3.46. The van der Waals surface area contributed by atoms with Gasteiger partial charge in [-0.05, 0) is 30.7 Å². The normalized spacial score (nSPS) is 16.1. The number of nitro benzene ring substituents is 1. The van der Waals surface area contributed by atoms with Crippen LogP contribution in [0.5, 0.6) is 0 Å². The predicted molar refractivity (Wildman–Crippen MR) is 69.7 cm³/mol. The van der Waals surface area contributed by atoms with Gasteiger partial charge in [0.05, 0.1) is 4.92 Å². The van der Waals surface area contributed by atoms with Gasteiger partial charge < -0.3 is 10.1 Å². The Labute approximate surface area is 110 Å². The monoisotopic (exact) mass is 268 g/mol. The molecule has 0 spiro atoms. The second-order valence-electron chi connectivity index (χ2n) is 5.01. The van der Waals surface area contributed by atoms with E-state index in [2.05, 4.69) is 5.32 Å². The van der Waals surface area contributed by atoms with Gasteiger partial charge in [-0.15, -0.1) is 0 Å². The molecule has 19 heavy (non-hydrogen) atoms. The Balaban J connectivity index is 2.03. The average Bonchev–Trinajstić information content (AvgIpc) is 3.14. The Morgan fingerprint density at radius 3 is 2.84 bits per heavy atom. The highest BCUT2D eigenvalue weighted by atomic mass is 19.1. The summed E-state index contributed by atoms with van der Waals surface area (Å²) in [5.41, 5.74) is 0.300. The maximum atomic E-state index is 13.2. The van der Waals surface area contributed by atoms with Crippen LogP contribution in [0.1, 0.15) is 19.3 Å². The zero-order chi connectivity index (χ0) is 13.9. The molecule has 0 bridgehead atoms. The zero-order valence-corrected chi connectivity index (χ0v) is 10.8. The molecule has 1 aromatic rings. The minimum Gasteiger partial charge on any atom is -0.385 e. The van der Waals surface area contributed by atoms with E-state index < -0.39 is 10.7 Å². The van der Waals surface area contributed by atoms with Crippen molar-refractivity contribution in [3.8, 4) is 0 Å². The van der Waals surface area contributed by atoms with Gasteiger partial charge >= 0.3 is 0 Å². The lowest BCUT2D eigenvalue weighted by Gasteiger charge is -2.16. The SMILES string of the molecule is COCCC1(CNc2cc(F)ccc2[N+](=O)[O-])CC1. The fraction of sp³-hybridized carbons (Fsp3) is 0.538. The van der Waals surface area contributed by atoms with Gasteiger partial charge in [-0.25, -0.2) is 4.39 Å². The summed E-state index contributed by atoms with van der Waals surface area (Å²) in [6.07, 6.45) is 3.07. The van der Waals surface area contributed by atoms with Crippen LogP contribution >= 0.6 is 0 Å². The smallest absolute Gasteiger partial charge is 0.292 e. The van der Waals surface area contributed by atoms with E-state index in [1.807, 2.05) is 0 Å². The minimum absolute atomic E-state index is 0.0936. The van der Waals surface area contributed by atoms with E-state index in [9.17, 15) is 14.5 Å². The van der Waals surface area contributed by atoms with Gasteiger partial charge in [0.1, 0.15) is 11.5 Å². The first-order valence-electron chi connectivity index (χ1n) is 6.23. The molecule has 0 aliphatic heterocycles. The molecule has 1 aliphatic rings. The molecule has 104 valence electrons. The number of halogens is 1. The molecule has 0 unspecified atom stereocenters. The molecule has 1 fully saturated rings. The van der Waals surface area contributed by atoms with Gasteiger partial charge in [0.25, 0.3) is 5.69 Å². The molecule has 6 heteroatoms. The molecule has 0 amide bonds. The molecule has 0 saturated heterocycles. The van der Waals surface area contributed by atoms with E-state index in [1.165, 1.54) is 12.1 Å². The van der Waals surface area contributed by atoms with E-state index in [0.717, 1.165) is 25.3 Å². The molecular weight excluding hydrogens is 251 g/mol. The highest BCUT2D eigenvalue weighted by molar-refractivity contribution is 5.61. The number of hydrogen-bond acceptors (Lipinski definition) is 4. The predicted octanol–water partition coefficient (Wildman–Crippen LogP) is 2.96. The Kier molecular flexibility index (Phi) is 3.99. The lowest BCUT2D eigenvalue weighted by Crippen LogP contribution is -2.18. The van der Waals surface area contributed by atoms with Gasteiger partial charge in [-0.3, -0.25) is 10.1 Å². The van der Waals surface area contributed by atoms with Crippen LogP contribution in [0.15, 0.2) is 18.2 Å². The second kappa shape index (κ2) is 5.52. The maximum Gasteiger partial charge on any atom is 0.292 e. The van der Waals surface area contributed by atoms with Crippen molar-refractivity contribution in [2.45, 2.75) is 19.3 Å². The summed E-state index contributed by atoms with van der Waals surface area (Å²) in [5, 5.41) is 13.9. The van der Waals surface area contributed by atoms with E-state index in [1.54, 1.807) is 7.11 Å². The van der Waals surface area contributed by atoms with Crippen molar-refractivity contribution in [2.75, 3.05) is 25.6 Å². The van der Waals surface area contributed by atoms with Gasteiger partial charge in [0, 0.05) is 32.4 Å². The highest BCUT2D eigenvalue weighted by Gasteiger charge is 2.42. The zero-order valence-electron chi connectivity index (χ0n) is 10.8. The molecule has 0 heterocycles. The van der Waals surface area contributed by atoms with Crippen molar-refractivity contribution in [3.63, 3.8) is 0 Å². The number of nitrogens with one attached hydrogen (secondary N) is 1. The number of hydrogen-bond donors (Lipinski definition) is 1. The summed E-state index contributed by atoms with van der Waals surface area (Å²) in [5.74, 6) is -0.477. The van der Waals surface area contributed by atoms with Crippen molar-refractivity contribution in [1.29, 1.82) is 0 Å². The first-order chi connectivity index (χ1) is 9.06. The maximum absolute atomic E-state index is 13.2. The fourth-order valence-corrected chi connectivity index (χ4v) is 2.10. The van der Waals surface area contributed by atoms with E-state index in [-0.39, 0.29) is 16.8 Å². The van der Waals surface area contributed by atoms with Crippen LogP contribution in [-0.2, 0) is 4.74 Å². The van der Waals surface area contributed by atoms with E-state index >= 15 is 0 Å². The standard InChI is InChI=1S/C13H17FN2O3/c1-19-7-6-13(4-5-13)9-15-11-8-10(14)2-3-12(11)16(17)18/h2-3,8,15H,4-7,9H2,1H3. The van der Waals surface area contributed by atoms with Gasteiger partial charge in [0.15, 0.2) is 0 Å². The van der Waals surface area contributed by atoms with Crippen molar-refractivity contribution >= 4 is 11.4 Å².